The van der Waals surface area contributed by atoms with Crippen LogP contribution < -0.4 is 9.94 Å². The van der Waals surface area contributed by atoms with Gasteiger partial charge in [0.25, 0.3) is 5.91 Å². The minimum atomic E-state index is -3.81. The van der Waals surface area contributed by atoms with Gasteiger partial charge in [-0.1, -0.05) is 31.3 Å². The number of fused-ring (bicyclic) bond motifs is 1. The van der Waals surface area contributed by atoms with E-state index in [2.05, 4.69) is 25.4 Å². The molecule has 0 aliphatic rings. The Balaban J connectivity index is 2.04. The number of nitrogens with two attached hydrogens (primary N) is 1. The zero-order valence-corrected chi connectivity index (χ0v) is 18.5. The summed E-state index contributed by atoms with van der Waals surface area (Å²) in [4.78, 5) is 18.5. The third-order valence-electron chi connectivity index (χ3n) is 3.96. The number of nitrogens with zero attached hydrogens (tertiary/aromatic N) is 2. The van der Waals surface area contributed by atoms with Crippen molar-refractivity contribution in [3.8, 4) is 0 Å². The molecule has 3 aromatic rings. The fourth-order valence-electron chi connectivity index (χ4n) is 2.72. The summed E-state index contributed by atoms with van der Waals surface area (Å²) >= 11 is 2.96. The third-order valence-corrected chi connectivity index (χ3v) is 6.93. The van der Waals surface area contributed by atoms with E-state index < -0.39 is 10.0 Å². The standard InChI is InChI=1S/C20H21N3O3S3/c1-4-11-23-17-10-9-16(29(21,25)26)12-18(17)28-20(23)22-19(24)14-5-7-15(8-6-14)27-13(2)3/h4-10,12-13H,1,11H2,2-3H3,(H2,21,25,26). The molecule has 0 spiro atoms. The van der Waals surface area contributed by atoms with Gasteiger partial charge in [0.2, 0.25) is 10.0 Å². The number of allylic oxidation sites excluding steroid dienone is 1. The molecule has 1 amide bonds. The second kappa shape index (κ2) is 8.66. The molecule has 0 unspecified atom stereocenters. The summed E-state index contributed by atoms with van der Waals surface area (Å²) in [6, 6.07) is 12.0. The van der Waals surface area contributed by atoms with E-state index in [1.165, 1.54) is 23.5 Å². The van der Waals surface area contributed by atoms with Crippen molar-refractivity contribution < 1.29 is 13.2 Å². The van der Waals surface area contributed by atoms with Crippen LogP contribution in [0.3, 0.4) is 0 Å². The molecule has 2 aromatic carbocycles. The zero-order chi connectivity index (χ0) is 21.2. The van der Waals surface area contributed by atoms with Gasteiger partial charge in [-0.25, -0.2) is 13.6 Å². The highest BCUT2D eigenvalue weighted by Crippen LogP contribution is 2.24. The van der Waals surface area contributed by atoms with E-state index in [4.69, 9.17) is 5.14 Å². The van der Waals surface area contributed by atoms with Crippen LogP contribution in [0, 0.1) is 0 Å². The number of hydrogen-bond donors (Lipinski definition) is 1. The van der Waals surface area contributed by atoms with Gasteiger partial charge >= 0.3 is 0 Å². The molecule has 2 N–H and O–H groups in total. The van der Waals surface area contributed by atoms with Gasteiger partial charge in [-0.3, -0.25) is 4.79 Å². The number of thiazole rings is 1. The number of benzene rings is 2. The Bertz CT molecular complexity index is 1240. The van der Waals surface area contributed by atoms with Crippen LogP contribution in [0.4, 0.5) is 0 Å². The van der Waals surface area contributed by atoms with Crippen molar-refractivity contribution in [3.63, 3.8) is 0 Å². The normalized spacial score (nSPS) is 12.6. The van der Waals surface area contributed by atoms with Gasteiger partial charge in [0.15, 0.2) is 4.80 Å². The summed E-state index contributed by atoms with van der Waals surface area (Å²) in [7, 11) is -3.81. The molecule has 0 fully saturated rings. The first-order valence-electron chi connectivity index (χ1n) is 8.82. The Labute approximate surface area is 177 Å². The number of sulfonamides is 1. The Kier molecular flexibility index (Phi) is 6.42. The number of hydrogen-bond acceptors (Lipinski definition) is 5. The Morgan fingerprint density at radius 2 is 1.97 bits per heavy atom. The summed E-state index contributed by atoms with van der Waals surface area (Å²) < 4.78 is 25.8. The topological polar surface area (TPSA) is 94.5 Å². The van der Waals surface area contributed by atoms with Crippen molar-refractivity contribution in [2.75, 3.05) is 0 Å². The van der Waals surface area contributed by atoms with Crippen LogP contribution >= 0.6 is 23.1 Å². The molecule has 0 atom stereocenters. The molecule has 0 aliphatic heterocycles. The first-order chi connectivity index (χ1) is 13.7. The largest absolute Gasteiger partial charge is 0.312 e. The van der Waals surface area contributed by atoms with Crippen LogP contribution in [0.25, 0.3) is 10.2 Å². The molecule has 0 aliphatic carbocycles. The van der Waals surface area contributed by atoms with Gasteiger partial charge in [-0.15, -0.1) is 18.3 Å². The van der Waals surface area contributed by atoms with Crippen molar-refractivity contribution in [3.05, 3.63) is 65.5 Å². The smallest absolute Gasteiger partial charge is 0.279 e. The molecule has 6 nitrogen and oxygen atoms in total. The third kappa shape index (κ3) is 5.05. The lowest BCUT2D eigenvalue weighted by Crippen LogP contribution is -2.16. The average molecular weight is 448 g/mol. The molecule has 3 rings (SSSR count). The minimum Gasteiger partial charge on any atom is -0.312 e. The molecular weight excluding hydrogens is 426 g/mol. The molecule has 9 heteroatoms. The van der Waals surface area contributed by atoms with E-state index in [1.54, 1.807) is 36.0 Å². The predicted octanol–water partition coefficient (Wildman–Crippen LogP) is 3.78. The summed E-state index contributed by atoms with van der Waals surface area (Å²) in [5.41, 5.74) is 1.25. The molecular formula is C20H21N3O3S3. The van der Waals surface area contributed by atoms with Crippen molar-refractivity contribution >= 4 is 49.2 Å². The number of aromatic nitrogens is 1. The predicted molar refractivity (Wildman–Crippen MR) is 119 cm³/mol. The SMILES string of the molecule is C=CCn1c(=NC(=O)c2ccc(SC(C)C)cc2)sc2cc(S(N)(=O)=O)ccc21. The van der Waals surface area contributed by atoms with E-state index in [9.17, 15) is 13.2 Å². The number of carbonyl (C=O) groups excluding carboxylic acids is 1. The van der Waals surface area contributed by atoms with Crippen molar-refractivity contribution in [2.24, 2.45) is 10.1 Å². The lowest BCUT2D eigenvalue weighted by molar-refractivity contribution is 0.0998. The fourth-order valence-corrected chi connectivity index (χ4v) is 5.25. The Morgan fingerprint density at radius 3 is 2.55 bits per heavy atom. The second-order valence-corrected chi connectivity index (χ2v) is 10.8. The lowest BCUT2D eigenvalue weighted by atomic mass is 10.2. The van der Waals surface area contributed by atoms with Gasteiger partial charge in [0.05, 0.1) is 15.1 Å². The van der Waals surface area contributed by atoms with Crippen LogP contribution in [0.1, 0.15) is 24.2 Å². The first-order valence-corrected chi connectivity index (χ1v) is 12.1. The van der Waals surface area contributed by atoms with Gasteiger partial charge in [0, 0.05) is 22.3 Å². The molecule has 0 radical (unpaired) electrons. The number of thioether (sulfide) groups is 1. The van der Waals surface area contributed by atoms with Gasteiger partial charge in [0.1, 0.15) is 0 Å². The Hall–Kier alpha value is -2.20. The summed E-state index contributed by atoms with van der Waals surface area (Å²) in [5.74, 6) is -0.359. The van der Waals surface area contributed by atoms with E-state index in [0.29, 0.717) is 26.9 Å². The monoisotopic (exact) mass is 447 g/mol. The highest BCUT2D eigenvalue weighted by Gasteiger charge is 2.13. The fraction of sp³-hybridized carbons (Fsp3) is 0.200. The molecule has 1 aromatic heterocycles. The van der Waals surface area contributed by atoms with Crippen LogP contribution in [0.15, 0.2) is 69.9 Å². The van der Waals surface area contributed by atoms with Crippen molar-refractivity contribution in [1.82, 2.24) is 4.57 Å². The minimum absolute atomic E-state index is 0.0214. The first kappa shape index (κ1) is 21.5. The molecule has 1 heterocycles. The molecule has 0 saturated carbocycles. The molecule has 0 saturated heterocycles. The van der Waals surface area contributed by atoms with Crippen molar-refractivity contribution in [1.29, 1.82) is 0 Å². The summed E-state index contributed by atoms with van der Waals surface area (Å²) in [6.45, 7) is 8.41. The number of primary sulfonamides is 1. The van der Waals surface area contributed by atoms with Gasteiger partial charge in [-0.2, -0.15) is 4.99 Å². The highest BCUT2D eigenvalue weighted by molar-refractivity contribution is 7.99. The van der Waals surface area contributed by atoms with Crippen molar-refractivity contribution in [2.45, 2.75) is 35.4 Å². The maximum Gasteiger partial charge on any atom is 0.279 e. The van der Waals surface area contributed by atoms with E-state index in [1.807, 2.05) is 16.7 Å². The molecule has 152 valence electrons. The second-order valence-electron chi connectivity index (χ2n) is 6.57. The van der Waals surface area contributed by atoms with E-state index >= 15 is 0 Å². The van der Waals surface area contributed by atoms with E-state index in [0.717, 1.165) is 10.4 Å². The maximum atomic E-state index is 12.7. The van der Waals surface area contributed by atoms with Gasteiger partial charge in [-0.05, 0) is 42.5 Å². The highest BCUT2D eigenvalue weighted by atomic mass is 32.2. The van der Waals surface area contributed by atoms with Crippen LogP contribution in [-0.2, 0) is 16.6 Å². The average Bonchev–Trinajstić information content (AvgIpc) is 2.98. The molecule has 29 heavy (non-hydrogen) atoms. The quantitative estimate of drug-likeness (QED) is 0.460. The van der Waals surface area contributed by atoms with E-state index in [-0.39, 0.29) is 10.8 Å². The van der Waals surface area contributed by atoms with Gasteiger partial charge < -0.3 is 4.57 Å². The van der Waals surface area contributed by atoms with Crippen LogP contribution in [-0.4, -0.2) is 24.1 Å². The summed E-state index contributed by atoms with van der Waals surface area (Å²) in [5, 5.41) is 5.68. The number of carbonyl (C=O) groups is 1. The lowest BCUT2D eigenvalue weighted by Gasteiger charge is -2.05. The maximum absolute atomic E-state index is 12.7. The number of amides is 1. The molecule has 0 bridgehead atoms. The Morgan fingerprint density at radius 1 is 1.28 bits per heavy atom. The summed E-state index contributed by atoms with van der Waals surface area (Å²) in [6.07, 6.45) is 1.70. The zero-order valence-electron chi connectivity index (χ0n) is 16.0. The van der Waals surface area contributed by atoms with Crippen LogP contribution in [0.2, 0.25) is 0 Å². The number of rotatable bonds is 6. The van der Waals surface area contributed by atoms with Crippen LogP contribution in [0.5, 0.6) is 0 Å².